The maximum absolute atomic E-state index is 12.9. The van der Waals surface area contributed by atoms with Crippen LogP contribution in [-0.2, 0) is 31.2 Å². The standard InChI is InChI=1S/C33H60Cl3N3O6Si2/c1-30(2,3)44-28(40)37-21(19-42-46(13,14)32(7,8)9)17-23-25(34)24(27(36)39-26(23)35)18-22(38-29(41)45-31(4,5)6)20-43-47(15,16)33(10,11)12/h21-22H,17-20H2,1-16H3,(H,37,40)(H,38,41)/t21-,22-/m1/s1. The molecule has 2 amide bonds. The number of pyridine rings is 1. The molecule has 14 heteroatoms. The van der Waals surface area contributed by atoms with Gasteiger partial charge in [-0.25, -0.2) is 14.6 Å². The molecule has 2 N–H and O–H groups in total. The molecule has 0 aliphatic rings. The molecule has 9 nitrogen and oxygen atoms in total. The number of carbonyl (C=O) groups excluding carboxylic acids is 2. The zero-order valence-electron chi connectivity index (χ0n) is 31.5. The summed E-state index contributed by atoms with van der Waals surface area (Å²) >= 11 is 20.4. The minimum Gasteiger partial charge on any atom is -0.444 e. The molecule has 0 aliphatic carbocycles. The number of rotatable bonds is 12. The van der Waals surface area contributed by atoms with Gasteiger partial charge in [-0.05, 0) is 90.6 Å². The molecule has 0 radical (unpaired) electrons. The van der Waals surface area contributed by atoms with E-state index in [1.807, 2.05) is 0 Å². The van der Waals surface area contributed by atoms with Crippen molar-refractivity contribution in [3.8, 4) is 0 Å². The van der Waals surface area contributed by atoms with E-state index in [-0.39, 0.29) is 46.4 Å². The lowest BCUT2D eigenvalue weighted by Gasteiger charge is -2.37. The van der Waals surface area contributed by atoms with Crippen molar-refractivity contribution >= 4 is 63.6 Å². The summed E-state index contributed by atoms with van der Waals surface area (Å²) in [6.45, 7) is 32.7. The van der Waals surface area contributed by atoms with E-state index in [0.29, 0.717) is 16.1 Å². The molecule has 0 bridgehead atoms. The Morgan fingerprint density at radius 3 is 1.19 bits per heavy atom. The van der Waals surface area contributed by atoms with Crippen molar-refractivity contribution in [1.29, 1.82) is 0 Å². The second-order valence-electron chi connectivity index (χ2n) is 17.2. The molecule has 0 aromatic carbocycles. The number of alkyl carbamates (subject to hydrolysis) is 2. The van der Waals surface area contributed by atoms with E-state index < -0.39 is 52.1 Å². The van der Waals surface area contributed by atoms with Crippen molar-refractivity contribution in [1.82, 2.24) is 15.6 Å². The van der Waals surface area contributed by atoms with Crippen LogP contribution in [0.15, 0.2) is 0 Å². The number of halogens is 3. The monoisotopic (exact) mass is 755 g/mol. The molecular formula is C33H60Cl3N3O6Si2. The van der Waals surface area contributed by atoms with E-state index in [1.165, 1.54) is 0 Å². The predicted octanol–water partition coefficient (Wildman–Crippen LogP) is 9.96. The summed E-state index contributed by atoms with van der Waals surface area (Å²) < 4.78 is 24.1. The number of aromatic nitrogens is 1. The van der Waals surface area contributed by atoms with Crippen LogP contribution in [0.3, 0.4) is 0 Å². The van der Waals surface area contributed by atoms with Gasteiger partial charge in [-0.15, -0.1) is 0 Å². The summed E-state index contributed by atoms with van der Waals surface area (Å²) in [5, 5.41) is 6.31. The van der Waals surface area contributed by atoms with Crippen molar-refractivity contribution in [2.75, 3.05) is 13.2 Å². The van der Waals surface area contributed by atoms with Crippen LogP contribution in [-0.4, -0.2) is 70.3 Å². The fraction of sp³-hybridized carbons (Fsp3) is 0.788. The van der Waals surface area contributed by atoms with Crippen LogP contribution in [0.1, 0.15) is 94.2 Å². The normalized spacial score (nSPS) is 14.8. The van der Waals surface area contributed by atoms with Gasteiger partial charge in [-0.1, -0.05) is 76.3 Å². The molecule has 0 saturated heterocycles. The average molecular weight is 757 g/mol. The SMILES string of the molecule is CC(C)(C)OC(=O)N[C@@H](CO[Si](C)(C)C(C)(C)C)Cc1c(Cl)nc(Cl)c(C[C@H](CO[Si](C)(C)C(C)(C)C)NC(=O)OC(C)(C)C)c1Cl. The van der Waals surface area contributed by atoms with Crippen molar-refractivity contribution in [3.05, 3.63) is 26.5 Å². The summed E-state index contributed by atoms with van der Waals surface area (Å²) in [4.78, 5) is 30.2. The molecular weight excluding hydrogens is 697 g/mol. The molecule has 1 aromatic rings. The Hall–Kier alpha value is -1.09. The Morgan fingerprint density at radius 1 is 0.638 bits per heavy atom. The van der Waals surface area contributed by atoms with Crippen molar-refractivity contribution in [3.63, 3.8) is 0 Å². The number of hydrogen-bond donors (Lipinski definition) is 2. The predicted molar refractivity (Wildman–Crippen MR) is 199 cm³/mol. The van der Waals surface area contributed by atoms with Crippen molar-refractivity contribution < 1.29 is 27.9 Å². The Bertz CT molecular complexity index is 1150. The molecule has 0 aliphatic heterocycles. The molecule has 47 heavy (non-hydrogen) atoms. The third-order valence-corrected chi connectivity index (χ3v) is 18.6. The highest BCUT2D eigenvalue weighted by atomic mass is 35.5. The lowest BCUT2D eigenvalue weighted by Crippen LogP contribution is -2.48. The largest absolute Gasteiger partial charge is 0.444 e. The van der Waals surface area contributed by atoms with Gasteiger partial charge in [-0.3, -0.25) is 0 Å². The van der Waals surface area contributed by atoms with E-state index in [4.69, 9.17) is 53.1 Å². The summed E-state index contributed by atoms with van der Waals surface area (Å²) in [6.07, 6.45) is -0.763. The zero-order valence-corrected chi connectivity index (χ0v) is 35.8. The van der Waals surface area contributed by atoms with Crippen LogP contribution in [0.5, 0.6) is 0 Å². The van der Waals surface area contributed by atoms with Crippen LogP contribution in [0.2, 0.25) is 51.6 Å². The fourth-order valence-corrected chi connectivity index (χ4v) is 6.81. The Labute approximate surface area is 301 Å². The Balaban J connectivity index is 3.52. The lowest BCUT2D eigenvalue weighted by atomic mass is 10.0. The summed E-state index contributed by atoms with van der Waals surface area (Å²) in [6, 6.07) is -1.08. The average Bonchev–Trinajstić information content (AvgIpc) is 2.82. The van der Waals surface area contributed by atoms with Crippen LogP contribution >= 0.6 is 34.8 Å². The van der Waals surface area contributed by atoms with Crippen LogP contribution in [0, 0.1) is 0 Å². The van der Waals surface area contributed by atoms with E-state index in [9.17, 15) is 9.59 Å². The number of nitrogens with one attached hydrogen (secondary N) is 2. The highest BCUT2D eigenvalue weighted by molar-refractivity contribution is 6.74. The van der Waals surface area contributed by atoms with E-state index in [2.05, 4.69) is 83.3 Å². The van der Waals surface area contributed by atoms with Gasteiger partial charge in [-0.2, -0.15) is 0 Å². The first-order chi connectivity index (χ1) is 20.8. The van der Waals surface area contributed by atoms with E-state index in [1.54, 1.807) is 41.5 Å². The van der Waals surface area contributed by atoms with Crippen LogP contribution in [0.4, 0.5) is 9.59 Å². The third-order valence-electron chi connectivity index (χ3n) is 8.47. The van der Waals surface area contributed by atoms with Crippen LogP contribution < -0.4 is 10.6 Å². The highest BCUT2D eigenvalue weighted by Gasteiger charge is 2.39. The van der Waals surface area contributed by atoms with Gasteiger partial charge in [0.05, 0.1) is 30.3 Å². The molecule has 272 valence electrons. The second kappa shape index (κ2) is 16.3. The van der Waals surface area contributed by atoms with Gasteiger partial charge in [0.2, 0.25) is 0 Å². The topological polar surface area (TPSA) is 108 Å². The Kier molecular flexibility index (Phi) is 15.2. The number of carbonyl (C=O) groups is 2. The van der Waals surface area contributed by atoms with Gasteiger partial charge < -0.3 is 29.0 Å². The van der Waals surface area contributed by atoms with Crippen molar-refractivity contribution in [2.45, 2.75) is 155 Å². The Morgan fingerprint density at radius 2 is 0.936 bits per heavy atom. The minimum absolute atomic E-state index is 0.0452. The lowest BCUT2D eigenvalue weighted by molar-refractivity contribution is 0.0474. The number of amides is 2. The van der Waals surface area contributed by atoms with E-state index >= 15 is 0 Å². The molecule has 0 fully saturated rings. The molecule has 0 saturated carbocycles. The van der Waals surface area contributed by atoms with Crippen LogP contribution in [0.25, 0.3) is 0 Å². The maximum Gasteiger partial charge on any atom is 0.407 e. The molecule has 1 heterocycles. The maximum atomic E-state index is 12.9. The van der Waals surface area contributed by atoms with Gasteiger partial charge in [0, 0.05) is 11.1 Å². The molecule has 0 spiro atoms. The minimum atomic E-state index is -2.18. The van der Waals surface area contributed by atoms with Gasteiger partial charge in [0.15, 0.2) is 16.6 Å². The number of hydrogen-bond acceptors (Lipinski definition) is 7. The van der Waals surface area contributed by atoms with Gasteiger partial charge in [0.25, 0.3) is 0 Å². The zero-order chi connectivity index (χ0) is 37.0. The smallest absolute Gasteiger partial charge is 0.407 e. The number of ether oxygens (including phenoxy) is 2. The molecule has 2 atom stereocenters. The van der Waals surface area contributed by atoms with E-state index in [0.717, 1.165) is 0 Å². The first-order valence-electron chi connectivity index (χ1n) is 16.1. The van der Waals surface area contributed by atoms with Crippen molar-refractivity contribution in [2.24, 2.45) is 0 Å². The molecule has 0 unspecified atom stereocenters. The summed E-state index contributed by atoms with van der Waals surface area (Å²) in [5.74, 6) is 0. The first-order valence-corrected chi connectivity index (χ1v) is 23.1. The summed E-state index contributed by atoms with van der Waals surface area (Å²) in [7, 11) is -4.36. The summed E-state index contributed by atoms with van der Waals surface area (Å²) in [5.41, 5.74) is -0.396. The highest BCUT2D eigenvalue weighted by Crippen LogP contribution is 2.39. The van der Waals surface area contributed by atoms with Gasteiger partial charge >= 0.3 is 12.2 Å². The fourth-order valence-electron chi connectivity index (χ4n) is 3.73. The number of nitrogens with zero attached hydrogens (tertiary/aromatic N) is 1. The molecule has 1 aromatic heterocycles. The molecule has 1 rings (SSSR count). The first kappa shape index (κ1) is 43.9. The van der Waals surface area contributed by atoms with Gasteiger partial charge in [0.1, 0.15) is 21.5 Å². The second-order valence-corrected chi connectivity index (χ2v) is 27.9. The quantitative estimate of drug-likeness (QED) is 0.162. The third kappa shape index (κ3) is 14.7.